The molecule has 0 N–H and O–H groups in total. The second kappa shape index (κ2) is 6.44. The van der Waals surface area contributed by atoms with E-state index in [0.29, 0.717) is 0 Å². The minimum atomic E-state index is -3.06. The normalized spacial score (nSPS) is 15.1. The lowest BCUT2D eigenvalue weighted by Crippen LogP contribution is -1.97. The zero-order valence-corrected chi connectivity index (χ0v) is 8.39. The van der Waals surface area contributed by atoms with E-state index in [1.165, 1.54) is 12.2 Å². The first kappa shape index (κ1) is 11.9. The van der Waals surface area contributed by atoms with Crippen molar-refractivity contribution in [3.63, 3.8) is 0 Å². The van der Waals surface area contributed by atoms with Crippen LogP contribution in [0.2, 0.25) is 0 Å². The molecular weight excluding hydrogens is 199 g/mol. The van der Waals surface area contributed by atoms with Gasteiger partial charge in [-0.1, -0.05) is 23.8 Å². The summed E-state index contributed by atoms with van der Waals surface area (Å²) in [6, 6.07) is -0.151. The van der Waals surface area contributed by atoms with Crippen molar-refractivity contribution in [3.05, 3.63) is 25.3 Å². The van der Waals surface area contributed by atoms with Gasteiger partial charge in [0.15, 0.2) is 0 Å². The molecule has 0 heterocycles. The summed E-state index contributed by atoms with van der Waals surface area (Å²) in [5.74, 6) is 0. The van der Waals surface area contributed by atoms with Crippen LogP contribution in [0.15, 0.2) is 25.3 Å². The summed E-state index contributed by atoms with van der Waals surface area (Å²) in [5, 5.41) is 0. The third kappa shape index (κ3) is 4.73. The van der Waals surface area contributed by atoms with Crippen molar-refractivity contribution < 1.29 is 13.6 Å². The second-order valence-corrected chi connectivity index (χ2v) is 4.23. The molecule has 0 aliphatic rings. The van der Waals surface area contributed by atoms with Crippen LogP contribution >= 0.6 is 19.2 Å². The van der Waals surface area contributed by atoms with Gasteiger partial charge < -0.3 is 4.52 Å². The minimum Gasteiger partial charge on any atom is -0.304 e. The van der Waals surface area contributed by atoms with Gasteiger partial charge in [0.25, 0.3) is 0 Å². The quantitative estimate of drug-likeness (QED) is 0.368. The maximum Gasteiger partial charge on any atom is 0.335 e. The van der Waals surface area contributed by atoms with Crippen molar-refractivity contribution in [1.29, 1.82) is 0 Å². The largest absolute Gasteiger partial charge is 0.335 e. The summed E-state index contributed by atoms with van der Waals surface area (Å²) in [4.78, 5) is 0. The fourth-order valence-corrected chi connectivity index (χ4v) is 2.07. The Morgan fingerprint density at radius 2 is 2.00 bits per heavy atom. The number of rotatable bonds is 7. The molecule has 12 heavy (non-hydrogen) atoms. The number of hydrogen-bond acceptors (Lipinski definition) is 3. The van der Waals surface area contributed by atoms with Gasteiger partial charge in [-0.05, 0) is 0 Å². The van der Waals surface area contributed by atoms with E-state index in [-0.39, 0.29) is 18.8 Å². The lowest BCUT2D eigenvalue weighted by atomic mass is 10.7. The molecule has 0 aromatic carbocycles. The highest BCUT2D eigenvalue weighted by Crippen LogP contribution is 2.48. The van der Waals surface area contributed by atoms with Crippen LogP contribution in [0.25, 0.3) is 0 Å². The van der Waals surface area contributed by atoms with E-state index in [1.54, 1.807) is 0 Å². The predicted octanol–water partition coefficient (Wildman–Crippen LogP) is 2.78. The van der Waals surface area contributed by atoms with Crippen molar-refractivity contribution in [3.8, 4) is 0 Å². The smallest absolute Gasteiger partial charge is 0.304 e. The molecule has 0 amide bonds. The van der Waals surface area contributed by atoms with Gasteiger partial charge in [0.2, 0.25) is 0 Å². The molecule has 0 saturated carbocycles. The van der Waals surface area contributed by atoms with Crippen LogP contribution in [0, 0.1) is 0 Å². The van der Waals surface area contributed by atoms with Crippen LogP contribution in [0.4, 0.5) is 0 Å². The maximum atomic E-state index is 11.5. The number of alkyl halides is 1. The molecule has 0 saturated heterocycles. The van der Waals surface area contributed by atoms with Crippen LogP contribution in [0.1, 0.15) is 0 Å². The molecule has 0 aromatic heterocycles. The third-order valence-electron chi connectivity index (χ3n) is 0.987. The molecule has 0 aliphatic heterocycles. The van der Waals surface area contributed by atoms with Crippen LogP contribution in [-0.4, -0.2) is 18.8 Å². The van der Waals surface area contributed by atoms with Crippen LogP contribution in [-0.2, 0) is 13.6 Å². The first-order valence-electron chi connectivity index (χ1n) is 3.34. The molecule has 1 unspecified atom stereocenters. The maximum absolute atomic E-state index is 11.5. The Morgan fingerprint density at radius 1 is 1.33 bits per heavy atom. The van der Waals surface area contributed by atoms with Crippen molar-refractivity contribution in [1.82, 2.24) is 0 Å². The minimum absolute atomic E-state index is 0.151. The molecule has 0 aromatic rings. The Balaban J connectivity index is 4.07. The standard InChI is InChI=1S/C7H12ClO3P/c1-3-5-10-12(9,6-4-2)11-7-8/h3-4H,1-2,5-7H2. The van der Waals surface area contributed by atoms with E-state index in [4.69, 9.17) is 20.6 Å². The third-order valence-corrected chi connectivity index (χ3v) is 3.02. The van der Waals surface area contributed by atoms with Crippen molar-refractivity contribution in [2.24, 2.45) is 0 Å². The van der Waals surface area contributed by atoms with E-state index in [9.17, 15) is 4.57 Å². The number of allylic oxidation sites excluding steroid dienone is 1. The average Bonchev–Trinajstić information content (AvgIpc) is 2.02. The average molecular weight is 211 g/mol. The Hall–Kier alpha value is -0.0800. The SMILES string of the molecule is C=CCOP(=O)(CC=C)OCCl. The summed E-state index contributed by atoms with van der Waals surface area (Å²) in [6.45, 7) is 7.04. The van der Waals surface area contributed by atoms with Crippen molar-refractivity contribution in [2.45, 2.75) is 0 Å². The molecule has 0 spiro atoms. The molecule has 0 aliphatic carbocycles. The zero-order valence-electron chi connectivity index (χ0n) is 6.74. The van der Waals surface area contributed by atoms with Crippen LogP contribution < -0.4 is 0 Å². The Bertz CT molecular complexity index is 193. The first-order chi connectivity index (χ1) is 5.68. The van der Waals surface area contributed by atoms with Crippen LogP contribution in [0.5, 0.6) is 0 Å². The molecule has 3 nitrogen and oxygen atoms in total. The monoisotopic (exact) mass is 210 g/mol. The summed E-state index contributed by atoms with van der Waals surface area (Å²) in [6.07, 6.45) is 3.12. The fourth-order valence-electron chi connectivity index (χ4n) is 0.541. The summed E-state index contributed by atoms with van der Waals surface area (Å²) in [7, 11) is -3.06. The van der Waals surface area contributed by atoms with Crippen LogP contribution in [0.3, 0.4) is 0 Å². The molecule has 0 bridgehead atoms. The predicted molar refractivity (Wildman–Crippen MR) is 50.6 cm³/mol. The number of halogens is 1. The van der Waals surface area contributed by atoms with E-state index in [2.05, 4.69) is 13.2 Å². The van der Waals surface area contributed by atoms with E-state index in [1.807, 2.05) is 0 Å². The highest BCUT2D eigenvalue weighted by Gasteiger charge is 2.21. The van der Waals surface area contributed by atoms with Gasteiger partial charge in [0.05, 0.1) is 12.8 Å². The van der Waals surface area contributed by atoms with Gasteiger partial charge in [-0.25, -0.2) is 0 Å². The number of hydrogen-bond donors (Lipinski definition) is 0. The molecule has 0 radical (unpaired) electrons. The van der Waals surface area contributed by atoms with Gasteiger partial charge in [-0.3, -0.25) is 9.09 Å². The van der Waals surface area contributed by atoms with Gasteiger partial charge in [0, 0.05) is 0 Å². The highest BCUT2D eigenvalue weighted by atomic mass is 35.5. The van der Waals surface area contributed by atoms with Crippen molar-refractivity contribution in [2.75, 3.05) is 18.8 Å². The molecular formula is C7H12ClO3P. The summed E-state index contributed by atoms with van der Waals surface area (Å²) >= 11 is 5.27. The molecule has 1 atom stereocenters. The van der Waals surface area contributed by atoms with Gasteiger partial charge in [-0.2, -0.15) is 0 Å². The second-order valence-electron chi connectivity index (χ2n) is 1.90. The summed E-state index contributed by atoms with van der Waals surface area (Å²) < 4.78 is 21.2. The van der Waals surface area contributed by atoms with E-state index in [0.717, 1.165) is 0 Å². The van der Waals surface area contributed by atoms with E-state index >= 15 is 0 Å². The van der Waals surface area contributed by atoms with Gasteiger partial charge in [-0.15, -0.1) is 13.2 Å². The highest BCUT2D eigenvalue weighted by molar-refractivity contribution is 7.54. The molecule has 70 valence electrons. The Kier molecular flexibility index (Phi) is 6.39. The molecule has 5 heteroatoms. The first-order valence-corrected chi connectivity index (χ1v) is 5.60. The fraction of sp³-hybridized carbons (Fsp3) is 0.429. The topological polar surface area (TPSA) is 35.5 Å². The molecule has 0 fully saturated rings. The lowest BCUT2D eigenvalue weighted by Gasteiger charge is -2.13. The van der Waals surface area contributed by atoms with Gasteiger partial charge in [0.1, 0.15) is 6.07 Å². The Labute approximate surface area is 77.5 Å². The zero-order chi connectivity index (χ0) is 9.45. The van der Waals surface area contributed by atoms with E-state index < -0.39 is 7.60 Å². The Morgan fingerprint density at radius 3 is 2.42 bits per heavy atom. The lowest BCUT2D eigenvalue weighted by molar-refractivity contribution is 0.248. The molecule has 0 rings (SSSR count). The summed E-state index contributed by atoms with van der Waals surface area (Å²) in [5.41, 5.74) is 0. The van der Waals surface area contributed by atoms with Crippen molar-refractivity contribution >= 4 is 19.2 Å². The van der Waals surface area contributed by atoms with Gasteiger partial charge >= 0.3 is 7.60 Å².